The molecule has 0 radical (unpaired) electrons. The van der Waals surface area contributed by atoms with Gasteiger partial charge < -0.3 is 15.7 Å². The molecule has 1 aliphatic rings. The molecule has 0 unspecified atom stereocenters. The number of carboxylic acids is 1. The predicted octanol–water partition coefficient (Wildman–Crippen LogP) is 7.86. The van der Waals surface area contributed by atoms with E-state index in [1.807, 2.05) is 31.2 Å². The van der Waals surface area contributed by atoms with Gasteiger partial charge in [0.25, 0.3) is 0 Å². The Balaban J connectivity index is 1.61. The number of hydrogen-bond acceptors (Lipinski definition) is 5. The van der Waals surface area contributed by atoms with Gasteiger partial charge in [0.2, 0.25) is 11.8 Å². The fourth-order valence-corrected chi connectivity index (χ4v) is 6.07. The Morgan fingerprint density at radius 1 is 0.729 bits per heavy atom. The zero-order chi connectivity index (χ0) is 35.1. The van der Waals surface area contributed by atoms with Gasteiger partial charge in [-0.05, 0) is 55.2 Å². The van der Waals surface area contributed by atoms with Crippen LogP contribution in [0.25, 0.3) is 11.1 Å². The van der Waals surface area contributed by atoms with Crippen molar-refractivity contribution in [2.75, 3.05) is 0 Å². The van der Waals surface area contributed by atoms with Crippen LogP contribution in [-0.2, 0) is 25.6 Å². The van der Waals surface area contributed by atoms with Gasteiger partial charge in [-0.3, -0.25) is 19.2 Å². The smallest absolute Gasteiger partial charge is 0.326 e. The summed E-state index contributed by atoms with van der Waals surface area (Å²) in [5, 5.41) is 15.1. The van der Waals surface area contributed by atoms with E-state index in [-0.39, 0.29) is 30.3 Å². The van der Waals surface area contributed by atoms with Crippen molar-refractivity contribution in [3.05, 3.63) is 59.7 Å². The molecular formula is C40H56N2O6. The highest BCUT2D eigenvalue weighted by molar-refractivity contribution is 6.01. The minimum absolute atomic E-state index is 0.0543. The van der Waals surface area contributed by atoms with Gasteiger partial charge in [0.15, 0.2) is 11.6 Å². The van der Waals surface area contributed by atoms with Crippen LogP contribution >= 0.6 is 0 Å². The van der Waals surface area contributed by atoms with Crippen molar-refractivity contribution in [1.82, 2.24) is 10.6 Å². The predicted molar refractivity (Wildman–Crippen MR) is 190 cm³/mol. The van der Waals surface area contributed by atoms with Crippen LogP contribution in [0.15, 0.2) is 48.5 Å². The number of rotatable bonds is 23. The Hall–Kier alpha value is -3.81. The number of hydrogen-bond donors (Lipinski definition) is 3. The van der Waals surface area contributed by atoms with Crippen molar-refractivity contribution in [2.24, 2.45) is 11.8 Å². The Kier molecular flexibility index (Phi) is 15.5. The van der Waals surface area contributed by atoms with Crippen molar-refractivity contribution < 1.29 is 29.1 Å². The van der Waals surface area contributed by atoms with Crippen molar-refractivity contribution in [3.63, 3.8) is 0 Å². The van der Waals surface area contributed by atoms with Crippen molar-refractivity contribution >= 4 is 29.4 Å². The first-order valence-electron chi connectivity index (χ1n) is 18.1. The van der Waals surface area contributed by atoms with Crippen molar-refractivity contribution in [1.29, 1.82) is 0 Å². The van der Waals surface area contributed by atoms with Crippen LogP contribution in [0.2, 0.25) is 0 Å². The lowest BCUT2D eigenvalue weighted by molar-refractivity contribution is -0.143. The SMILES string of the molecule is CCCCC[C@H](CC(=O)c1ccc(-c2ccc(CCCC)cc2)cc1)C(=O)NC1(C(=O)C[C@@H](C)C(=O)N[C@@H](CCCCC)C(=O)O)CC1. The van der Waals surface area contributed by atoms with E-state index in [4.69, 9.17) is 0 Å². The molecule has 2 amide bonds. The average molecular weight is 661 g/mol. The summed E-state index contributed by atoms with van der Waals surface area (Å²) >= 11 is 0. The van der Waals surface area contributed by atoms with Gasteiger partial charge >= 0.3 is 5.97 Å². The van der Waals surface area contributed by atoms with Crippen LogP contribution < -0.4 is 10.6 Å². The van der Waals surface area contributed by atoms with Crippen molar-refractivity contribution in [2.45, 2.75) is 136 Å². The molecular weight excluding hydrogens is 604 g/mol. The van der Waals surface area contributed by atoms with E-state index in [1.165, 1.54) is 12.0 Å². The zero-order valence-corrected chi connectivity index (χ0v) is 29.4. The third-order valence-electron chi connectivity index (χ3n) is 9.57. The second kappa shape index (κ2) is 19.3. The molecule has 0 saturated heterocycles. The van der Waals surface area contributed by atoms with E-state index in [0.717, 1.165) is 56.1 Å². The van der Waals surface area contributed by atoms with E-state index in [2.05, 4.69) is 48.7 Å². The van der Waals surface area contributed by atoms with E-state index >= 15 is 0 Å². The fraction of sp³-hybridized carbons (Fsp3) is 0.575. The number of aliphatic carboxylic acids is 1. The summed E-state index contributed by atoms with van der Waals surface area (Å²) in [4.78, 5) is 64.8. The van der Waals surface area contributed by atoms with Crippen LogP contribution in [0.3, 0.4) is 0 Å². The molecule has 0 aliphatic heterocycles. The summed E-state index contributed by atoms with van der Waals surface area (Å²) in [6, 6.07) is 15.1. The minimum Gasteiger partial charge on any atom is -0.480 e. The molecule has 48 heavy (non-hydrogen) atoms. The molecule has 1 fully saturated rings. The number of benzene rings is 2. The van der Waals surface area contributed by atoms with Gasteiger partial charge in [-0.25, -0.2) is 4.79 Å². The highest BCUT2D eigenvalue weighted by Gasteiger charge is 2.51. The molecule has 3 N–H and O–H groups in total. The first-order valence-corrected chi connectivity index (χ1v) is 18.1. The van der Waals surface area contributed by atoms with Gasteiger partial charge in [-0.1, -0.05) is 121 Å². The van der Waals surface area contributed by atoms with Crippen molar-refractivity contribution in [3.8, 4) is 11.1 Å². The molecule has 1 aliphatic carbocycles. The van der Waals surface area contributed by atoms with E-state index in [1.54, 1.807) is 6.92 Å². The van der Waals surface area contributed by atoms with Gasteiger partial charge in [0, 0.05) is 30.2 Å². The third kappa shape index (κ3) is 11.7. The number of ketones is 2. The molecule has 262 valence electrons. The Morgan fingerprint density at radius 2 is 1.29 bits per heavy atom. The van der Waals surface area contributed by atoms with Crippen LogP contribution in [0.4, 0.5) is 0 Å². The van der Waals surface area contributed by atoms with E-state index in [9.17, 15) is 29.1 Å². The largest absolute Gasteiger partial charge is 0.480 e. The maximum Gasteiger partial charge on any atom is 0.326 e. The van der Waals surface area contributed by atoms with Gasteiger partial charge in [0.1, 0.15) is 6.04 Å². The summed E-state index contributed by atoms with van der Waals surface area (Å²) in [5.41, 5.74) is 2.96. The average Bonchev–Trinajstić information content (AvgIpc) is 3.87. The molecule has 0 aromatic heterocycles. The summed E-state index contributed by atoms with van der Waals surface area (Å²) in [7, 11) is 0. The minimum atomic E-state index is -1.09. The van der Waals surface area contributed by atoms with Crippen LogP contribution in [0.1, 0.15) is 134 Å². The number of carbonyl (C=O) groups excluding carboxylic acids is 4. The number of aryl methyl sites for hydroxylation is 1. The molecule has 8 heteroatoms. The molecule has 1 saturated carbocycles. The molecule has 3 atom stereocenters. The monoisotopic (exact) mass is 660 g/mol. The number of amides is 2. The summed E-state index contributed by atoms with van der Waals surface area (Å²) < 4.78 is 0. The highest BCUT2D eigenvalue weighted by Crippen LogP contribution is 2.39. The third-order valence-corrected chi connectivity index (χ3v) is 9.57. The number of carbonyl (C=O) groups is 5. The lowest BCUT2D eigenvalue weighted by Crippen LogP contribution is -2.48. The maximum atomic E-state index is 13.6. The lowest BCUT2D eigenvalue weighted by atomic mass is 9.90. The quantitative estimate of drug-likeness (QED) is 0.0822. The Morgan fingerprint density at radius 3 is 1.83 bits per heavy atom. The van der Waals surface area contributed by atoms with Crippen LogP contribution in [-0.4, -0.2) is 46.0 Å². The summed E-state index contributed by atoms with van der Waals surface area (Å²) in [6.07, 6.45) is 10.4. The molecule has 8 nitrogen and oxygen atoms in total. The molecule has 3 rings (SSSR count). The fourth-order valence-electron chi connectivity index (χ4n) is 6.07. The van der Waals surface area contributed by atoms with Gasteiger partial charge in [-0.2, -0.15) is 0 Å². The maximum absolute atomic E-state index is 13.6. The molecule has 0 heterocycles. The first-order chi connectivity index (χ1) is 23.0. The molecule has 2 aromatic rings. The topological polar surface area (TPSA) is 130 Å². The molecule has 0 bridgehead atoms. The second-order valence-electron chi connectivity index (χ2n) is 13.7. The Labute approximate surface area is 286 Å². The number of carboxylic acid groups (broad SMARTS) is 1. The standard InChI is InChI=1S/C40H56N2O6/c1-5-8-11-14-33(27-35(43)32-22-20-31(21-23-32)30-18-16-29(17-19-30)13-10-7-3)38(46)42-40(24-25-40)36(44)26-28(4)37(45)41-34(39(47)48)15-12-9-6-2/h16-23,28,33-34H,5-15,24-27H2,1-4H3,(H,41,45)(H,42,46)(H,47,48)/t28-,33-,34+/m1/s1. The first kappa shape index (κ1) is 38.6. The summed E-state index contributed by atoms with van der Waals surface area (Å²) in [5.74, 6) is -3.51. The number of Topliss-reactive ketones (excluding diaryl/α,β-unsaturated/α-hetero) is 2. The van der Waals surface area contributed by atoms with Gasteiger partial charge in [0.05, 0.1) is 5.54 Å². The number of unbranched alkanes of at least 4 members (excludes halogenated alkanes) is 5. The van der Waals surface area contributed by atoms with Crippen LogP contribution in [0.5, 0.6) is 0 Å². The Bertz CT molecular complexity index is 1360. The lowest BCUT2D eigenvalue weighted by Gasteiger charge is -2.23. The normalized spacial score (nSPS) is 15.2. The van der Waals surface area contributed by atoms with Crippen LogP contribution in [0, 0.1) is 11.8 Å². The van der Waals surface area contributed by atoms with E-state index in [0.29, 0.717) is 37.7 Å². The summed E-state index contributed by atoms with van der Waals surface area (Å²) in [6.45, 7) is 7.90. The zero-order valence-electron chi connectivity index (χ0n) is 29.4. The van der Waals surface area contributed by atoms with Gasteiger partial charge in [-0.15, -0.1) is 0 Å². The molecule has 0 spiro atoms. The molecule has 2 aromatic carbocycles. The van der Waals surface area contributed by atoms with E-state index < -0.39 is 35.3 Å². The number of nitrogens with one attached hydrogen (secondary N) is 2. The second-order valence-corrected chi connectivity index (χ2v) is 13.7. The highest BCUT2D eigenvalue weighted by atomic mass is 16.4.